The van der Waals surface area contributed by atoms with E-state index < -0.39 is 0 Å². The first kappa shape index (κ1) is 67.0. The first-order valence-electron chi connectivity index (χ1n) is 0.272. The summed E-state index contributed by atoms with van der Waals surface area (Å²) in [6.45, 7) is 0. The molecule has 0 heterocycles. The van der Waals surface area contributed by atoms with Crippen molar-refractivity contribution in [1.82, 2.24) is 0 Å². The number of hydrogen-bond acceptors (Lipinski definition) is 2. The van der Waals surface area contributed by atoms with Crippen LogP contribution in [0.5, 0.6) is 0 Å². The van der Waals surface area contributed by atoms with Gasteiger partial charge in [-0.15, -0.1) is 0 Å². The Kier molecular flexibility index (Phi) is 819. The fourth-order valence-corrected chi connectivity index (χ4v) is 0. The summed E-state index contributed by atoms with van der Waals surface area (Å²) in [6, 6.07) is 0. The average molecular weight is 393 g/mol. The number of hydrogen-bond donors (Lipinski definition) is 0. The van der Waals surface area contributed by atoms with E-state index in [9.17, 15) is 0 Å². The Bertz CT molecular complexity index is 25.2. The summed E-state index contributed by atoms with van der Waals surface area (Å²) >= 11 is 4.62. The van der Waals surface area contributed by atoms with Gasteiger partial charge in [-0.1, -0.05) is 0 Å². The third-order valence-corrected chi connectivity index (χ3v) is 0. The maximum atomic E-state index is 7.94. The molecule has 68 valence electrons. The predicted molar refractivity (Wildman–Crippen MR) is 15.7 cm³/mol. The predicted octanol–water partition coefficient (Wildman–Crippen LogP) is -1.55. The second-order valence-corrected chi connectivity index (χ2v) is 0. The van der Waals surface area contributed by atoms with E-state index >= 15 is 0 Å². The van der Waals surface area contributed by atoms with Crippen LogP contribution in [0.15, 0.2) is 0 Å². The molecule has 0 bridgehead atoms. The fraction of sp³-hybridized carbons (Fsp3) is 0. The minimum atomic E-state index is 0. The van der Waals surface area contributed by atoms with Gasteiger partial charge in [0.1, 0.15) is 0 Å². The van der Waals surface area contributed by atoms with E-state index in [1.807, 2.05) is 0 Å². The summed E-state index contributed by atoms with van der Waals surface area (Å²) in [7, 11) is 0. The first-order valence-corrected chi connectivity index (χ1v) is 1.12. The molecule has 10 heteroatoms. The molecule has 2 radical (unpaired) electrons. The molecule has 0 aliphatic rings. The third-order valence-electron chi connectivity index (χ3n) is 0. The van der Waals surface area contributed by atoms with E-state index in [1.54, 1.807) is 0 Å². The molecule has 0 aromatic carbocycles. The van der Waals surface area contributed by atoms with Gasteiger partial charge in [0.15, 0.2) is 0 Å². The standard InChI is InChI=1S/2Co.2Li.2Mn.2Ni.2O.2H. The zero-order valence-electron chi connectivity index (χ0n) is 2.87. The van der Waals surface area contributed by atoms with Crippen molar-refractivity contribution in [2.75, 3.05) is 0 Å². The molecule has 0 saturated heterocycles. The van der Waals surface area contributed by atoms with Crippen molar-refractivity contribution >= 4 is 37.7 Å². The third kappa shape index (κ3) is 94.5. The van der Waals surface area contributed by atoms with Crippen molar-refractivity contribution in [1.29, 1.82) is 0 Å². The van der Waals surface area contributed by atoms with Crippen LogP contribution in [-0.2, 0) is 106 Å². The van der Waals surface area contributed by atoms with Gasteiger partial charge in [0.2, 0.25) is 0 Å². The molecule has 0 atom stereocenters. The zero-order valence-corrected chi connectivity index (χ0v) is 9.29. The quantitative estimate of drug-likeness (QED) is 0.468. The molecule has 0 aliphatic heterocycles. The molecule has 0 fully saturated rings. The maximum absolute atomic E-state index is 7.94. The molecular weight excluding hydrogens is 391 g/mol. The topological polar surface area (TPSA) is 34.1 Å². The van der Waals surface area contributed by atoms with Gasteiger partial charge in [-0.05, 0) is 0 Å². The van der Waals surface area contributed by atoms with Crippen LogP contribution in [0.1, 0.15) is 0 Å². The molecule has 0 spiro atoms. The van der Waals surface area contributed by atoms with Crippen LogP contribution in [0.2, 0.25) is 0 Å². The summed E-state index contributed by atoms with van der Waals surface area (Å²) in [4.78, 5) is 0. The van der Waals surface area contributed by atoms with Gasteiger partial charge in [0.25, 0.3) is 0 Å². The van der Waals surface area contributed by atoms with Crippen molar-refractivity contribution < 1.29 is 106 Å². The number of rotatable bonds is 0. The Labute approximate surface area is 141 Å². The Balaban J connectivity index is -0.000000000833. The van der Waals surface area contributed by atoms with Crippen LogP contribution in [0, 0.1) is 0 Å². The van der Waals surface area contributed by atoms with Crippen molar-refractivity contribution in [2.45, 2.75) is 0 Å². The minimum absolute atomic E-state index is 0. The summed E-state index contributed by atoms with van der Waals surface area (Å²) in [6.07, 6.45) is 0. The van der Waals surface area contributed by atoms with Gasteiger partial charge in [-0.3, -0.25) is 0 Å². The monoisotopic (exact) mass is 392 g/mol. The molecule has 0 N–H and O–H groups in total. The molecule has 0 aromatic rings. The summed E-state index contributed by atoms with van der Waals surface area (Å²) < 4.78 is 15.9. The molecule has 10 heavy (non-hydrogen) atoms. The van der Waals surface area contributed by atoms with E-state index in [4.69, 9.17) is 7.73 Å². The second-order valence-electron chi connectivity index (χ2n) is 0. The Morgan fingerprint density at radius 3 is 0.600 bits per heavy atom. The van der Waals surface area contributed by atoms with Gasteiger partial charge in [-0.25, -0.2) is 0 Å². The average Bonchev–Trinajstić information content (AvgIpc) is 1.50. The van der Waals surface area contributed by atoms with Gasteiger partial charge >= 0.3 is 76.8 Å². The van der Waals surface area contributed by atoms with Crippen LogP contribution >= 0.6 is 0 Å². The first-order chi connectivity index (χ1) is 2.00. The van der Waals surface area contributed by atoms with E-state index in [-0.39, 0.29) is 105 Å². The molecule has 0 aliphatic carbocycles. The Morgan fingerprint density at radius 1 is 0.600 bits per heavy atom. The van der Waals surface area contributed by atoms with Crippen LogP contribution in [-0.4, -0.2) is 37.7 Å². The van der Waals surface area contributed by atoms with E-state index in [0.717, 1.165) is 0 Å². The van der Waals surface area contributed by atoms with Crippen LogP contribution in [0.3, 0.4) is 0 Å². The van der Waals surface area contributed by atoms with E-state index in [0.29, 0.717) is 0 Å². The van der Waals surface area contributed by atoms with Gasteiger partial charge in [0.05, 0.1) is 0 Å². The molecular formula is H2Co2Li2Mn2Ni2O2. The van der Waals surface area contributed by atoms with Crippen LogP contribution < -0.4 is 0 Å². The summed E-state index contributed by atoms with van der Waals surface area (Å²) in [5.74, 6) is 0. The molecule has 2 nitrogen and oxygen atoms in total. The van der Waals surface area contributed by atoms with Crippen molar-refractivity contribution in [3.8, 4) is 0 Å². The van der Waals surface area contributed by atoms with Gasteiger partial charge in [0, 0.05) is 67.1 Å². The van der Waals surface area contributed by atoms with Gasteiger partial charge < -0.3 is 0 Å². The van der Waals surface area contributed by atoms with E-state index in [1.165, 1.54) is 0 Å². The molecule has 0 aromatic heterocycles. The SMILES string of the molecule is [LiH].[LiH].[Mn].[Mn].[Ni].[Ni].[O]=[Co].[O]=[Co]. The second kappa shape index (κ2) is 122. The molecule has 0 amide bonds. The van der Waals surface area contributed by atoms with Crippen LogP contribution in [0.25, 0.3) is 0 Å². The molecule has 0 rings (SSSR count). The van der Waals surface area contributed by atoms with Gasteiger partial charge in [-0.2, -0.15) is 0 Å². The fourth-order valence-electron chi connectivity index (χ4n) is 0. The van der Waals surface area contributed by atoms with E-state index in [2.05, 4.69) is 31.3 Å². The van der Waals surface area contributed by atoms with Crippen molar-refractivity contribution in [2.24, 2.45) is 0 Å². The summed E-state index contributed by atoms with van der Waals surface area (Å²) in [5, 5.41) is 0. The Hall–Kier alpha value is 3.83. The Morgan fingerprint density at radius 2 is 0.600 bits per heavy atom. The van der Waals surface area contributed by atoms with Crippen molar-refractivity contribution in [3.05, 3.63) is 0 Å². The van der Waals surface area contributed by atoms with Crippen molar-refractivity contribution in [3.63, 3.8) is 0 Å². The summed E-state index contributed by atoms with van der Waals surface area (Å²) in [5.41, 5.74) is 0. The zero-order chi connectivity index (χ0) is 4.00. The van der Waals surface area contributed by atoms with Crippen LogP contribution in [0.4, 0.5) is 0 Å². The molecule has 0 saturated carbocycles. The normalized spacial score (nSPS) is 1.00. The molecule has 0 unspecified atom stereocenters.